The predicted octanol–water partition coefficient (Wildman–Crippen LogP) is 2.29. The molecule has 0 saturated carbocycles. The molecule has 3 unspecified atom stereocenters. The first kappa shape index (κ1) is 15.2. The average Bonchev–Trinajstić information content (AvgIpc) is 2.90. The number of urea groups is 1. The summed E-state index contributed by atoms with van der Waals surface area (Å²) in [5.41, 5.74) is 0. The number of aliphatic carboxylic acids is 1. The number of carboxylic acid groups (broad SMARTS) is 1. The molecule has 1 aliphatic heterocycles. The van der Waals surface area contributed by atoms with Crippen molar-refractivity contribution < 1.29 is 14.7 Å². The Bertz CT molecular complexity index is 400. The summed E-state index contributed by atoms with van der Waals surface area (Å²) in [6.45, 7) is 2.61. The Morgan fingerprint density at radius 3 is 2.85 bits per heavy atom. The molecule has 1 fully saturated rings. The average molecular weight is 298 g/mol. The Morgan fingerprint density at radius 1 is 1.45 bits per heavy atom. The number of carbonyl (C=O) groups is 2. The maximum Gasteiger partial charge on any atom is 0.327 e. The molecule has 0 bridgehead atoms. The molecule has 1 saturated heterocycles. The normalized spacial score (nSPS) is 29.4. The highest BCUT2D eigenvalue weighted by molar-refractivity contribution is 8.00. The van der Waals surface area contributed by atoms with Crippen molar-refractivity contribution in [2.75, 3.05) is 12.3 Å². The number of amides is 2. The molecule has 0 radical (unpaired) electrons. The van der Waals surface area contributed by atoms with E-state index in [0.717, 1.165) is 25.7 Å². The summed E-state index contributed by atoms with van der Waals surface area (Å²) in [6.07, 6.45) is 8.24. The van der Waals surface area contributed by atoms with E-state index in [2.05, 4.69) is 17.5 Å². The minimum atomic E-state index is -0.913. The van der Waals surface area contributed by atoms with Gasteiger partial charge in [-0.3, -0.25) is 4.90 Å². The van der Waals surface area contributed by atoms with Gasteiger partial charge < -0.3 is 10.4 Å². The summed E-state index contributed by atoms with van der Waals surface area (Å²) >= 11 is 1.55. The van der Waals surface area contributed by atoms with Gasteiger partial charge >= 0.3 is 12.0 Å². The van der Waals surface area contributed by atoms with E-state index in [1.807, 2.05) is 6.92 Å². The fourth-order valence-electron chi connectivity index (χ4n) is 2.71. The monoisotopic (exact) mass is 298 g/mol. The van der Waals surface area contributed by atoms with E-state index in [9.17, 15) is 14.7 Å². The first-order valence-electron chi connectivity index (χ1n) is 7.19. The molecule has 1 heterocycles. The predicted molar refractivity (Wildman–Crippen MR) is 79.7 cm³/mol. The number of carbonyl (C=O) groups excluding carboxylic acids is 1. The van der Waals surface area contributed by atoms with Crippen molar-refractivity contribution in [1.29, 1.82) is 0 Å². The lowest BCUT2D eigenvalue weighted by Crippen LogP contribution is -2.50. The highest BCUT2D eigenvalue weighted by Gasteiger charge is 2.40. The zero-order valence-corrected chi connectivity index (χ0v) is 12.6. The summed E-state index contributed by atoms with van der Waals surface area (Å²) < 4.78 is 0. The lowest BCUT2D eigenvalue weighted by atomic mass is 9.94. The van der Waals surface area contributed by atoms with Crippen LogP contribution in [0.5, 0.6) is 0 Å². The molecule has 0 spiro atoms. The lowest BCUT2D eigenvalue weighted by molar-refractivity contribution is -0.141. The van der Waals surface area contributed by atoms with Crippen LogP contribution in [0.4, 0.5) is 4.79 Å². The largest absolute Gasteiger partial charge is 0.480 e. The topological polar surface area (TPSA) is 69.6 Å². The van der Waals surface area contributed by atoms with Crippen molar-refractivity contribution in [2.24, 2.45) is 5.92 Å². The van der Waals surface area contributed by atoms with Gasteiger partial charge in [0.25, 0.3) is 0 Å². The maximum atomic E-state index is 12.3. The van der Waals surface area contributed by atoms with Crippen molar-refractivity contribution in [3.8, 4) is 0 Å². The van der Waals surface area contributed by atoms with Gasteiger partial charge in [0.1, 0.15) is 6.04 Å². The number of carboxylic acids is 1. The summed E-state index contributed by atoms with van der Waals surface area (Å²) in [6, 6.07) is -0.931. The number of hydrogen-bond donors (Lipinski definition) is 2. The molecular weight excluding hydrogens is 276 g/mol. The van der Waals surface area contributed by atoms with Gasteiger partial charge in [0.15, 0.2) is 0 Å². The van der Waals surface area contributed by atoms with Crippen molar-refractivity contribution in [3.63, 3.8) is 0 Å². The second-order valence-corrected chi connectivity index (χ2v) is 6.50. The van der Waals surface area contributed by atoms with E-state index in [1.54, 1.807) is 11.8 Å². The highest BCUT2D eigenvalue weighted by Crippen LogP contribution is 2.31. The summed E-state index contributed by atoms with van der Waals surface area (Å²) in [7, 11) is 0. The maximum absolute atomic E-state index is 12.3. The first-order chi connectivity index (χ1) is 9.63. The number of thioether (sulfide) groups is 1. The van der Waals surface area contributed by atoms with Crippen LogP contribution in [0.2, 0.25) is 0 Å². The van der Waals surface area contributed by atoms with Gasteiger partial charge in [0.05, 0.1) is 5.37 Å². The molecule has 2 amide bonds. The Labute approximate surface area is 123 Å². The fourth-order valence-corrected chi connectivity index (χ4v) is 4.05. The smallest absolute Gasteiger partial charge is 0.327 e. The minimum absolute atomic E-state index is 0.0256. The summed E-state index contributed by atoms with van der Waals surface area (Å²) in [4.78, 5) is 25.0. The third-order valence-corrected chi connectivity index (χ3v) is 5.33. The van der Waals surface area contributed by atoms with Crippen LogP contribution in [0.3, 0.4) is 0 Å². The van der Waals surface area contributed by atoms with E-state index in [-0.39, 0.29) is 11.4 Å². The van der Waals surface area contributed by atoms with Crippen molar-refractivity contribution in [2.45, 2.75) is 44.0 Å². The van der Waals surface area contributed by atoms with E-state index in [1.165, 1.54) is 4.90 Å². The summed E-state index contributed by atoms with van der Waals surface area (Å²) in [5.74, 6) is 0.0414. The van der Waals surface area contributed by atoms with Gasteiger partial charge in [-0.05, 0) is 31.6 Å². The lowest BCUT2D eigenvalue weighted by Gasteiger charge is -2.28. The van der Waals surface area contributed by atoms with E-state index in [0.29, 0.717) is 18.2 Å². The second kappa shape index (κ2) is 7.02. The second-order valence-electron chi connectivity index (χ2n) is 5.29. The van der Waals surface area contributed by atoms with Gasteiger partial charge in [0.2, 0.25) is 0 Å². The summed E-state index contributed by atoms with van der Waals surface area (Å²) in [5, 5.41) is 12.1. The van der Waals surface area contributed by atoms with Crippen molar-refractivity contribution in [1.82, 2.24) is 10.2 Å². The number of nitrogens with one attached hydrogen (secondary N) is 1. The van der Waals surface area contributed by atoms with Crippen LogP contribution in [0, 0.1) is 5.92 Å². The Kier molecular flexibility index (Phi) is 5.34. The Morgan fingerprint density at radius 2 is 2.25 bits per heavy atom. The third kappa shape index (κ3) is 3.48. The van der Waals surface area contributed by atoms with Crippen LogP contribution in [0.25, 0.3) is 0 Å². The zero-order valence-electron chi connectivity index (χ0n) is 11.7. The van der Waals surface area contributed by atoms with Gasteiger partial charge in [-0.25, -0.2) is 9.59 Å². The van der Waals surface area contributed by atoms with Gasteiger partial charge in [-0.1, -0.05) is 19.1 Å². The molecule has 1 aliphatic carbocycles. The van der Waals surface area contributed by atoms with E-state index < -0.39 is 12.0 Å². The molecule has 0 aromatic carbocycles. The number of hydrogen-bond acceptors (Lipinski definition) is 3. The van der Waals surface area contributed by atoms with E-state index in [4.69, 9.17) is 0 Å². The molecule has 0 aromatic heterocycles. The molecule has 2 rings (SSSR count). The molecule has 5 nitrogen and oxygen atoms in total. The van der Waals surface area contributed by atoms with Gasteiger partial charge in [-0.2, -0.15) is 0 Å². The minimum Gasteiger partial charge on any atom is -0.480 e. The molecule has 2 N–H and O–H groups in total. The van der Waals surface area contributed by atoms with Crippen LogP contribution >= 0.6 is 11.8 Å². The molecule has 3 atom stereocenters. The number of allylic oxidation sites excluding steroid dienone is 2. The molecule has 2 aliphatic rings. The van der Waals surface area contributed by atoms with Crippen molar-refractivity contribution in [3.05, 3.63) is 12.2 Å². The quantitative estimate of drug-likeness (QED) is 0.781. The molecular formula is C14H22N2O3S. The fraction of sp³-hybridized carbons (Fsp3) is 0.714. The Balaban J connectivity index is 1.91. The van der Waals surface area contributed by atoms with Crippen LogP contribution in [-0.2, 0) is 4.79 Å². The van der Waals surface area contributed by atoms with Gasteiger partial charge in [-0.15, -0.1) is 11.8 Å². The third-order valence-electron chi connectivity index (χ3n) is 3.88. The molecule has 6 heteroatoms. The van der Waals surface area contributed by atoms with Crippen LogP contribution in [0.15, 0.2) is 12.2 Å². The van der Waals surface area contributed by atoms with Crippen LogP contribution in [-0.4, -0.2) is 45.7 Å². The molecule has 20 heavy (non-hydrogen) atoms. The van der Waals surface area contributed by atoms with Crippen LogP contribution < -0.4 is 5.32 Å². The number of rotatable bonds is 4. The highest BCUT2D eigenvalue weighted by atomic mass is 32.2. The molecule has 112 valence electrons. The van der Waals surface area contributed by atoms with E-state index >= 15 is 0 Å². The molecule has 0 aromatic rings. The van der Waals surface area contributed by atoms with Crippen LogP contribution in [0.1, 0.15) is 32.6 Å². The SMILES string of the molecule is CCC1SCC(C(=O)O)N1C(=O)NCC1CC=CCC1. The number of nitrogens with zero attached hydrogens (tertiary/aromatic N) is 1. The Hall–Kier alpha value is -1.17. The standard InChI is InChI=1S/C14H22N2O3S/c1-2-12-16(11(9-20-12)13(17)18)14(19)15-8-10-6-4-3-5-7-10/h3-4,10-12H,2,5-9H2,1H3,(H,15,19)(H,17,18). The van der Waals surface area contributed by atoms with Gasteiger partial charge in [0, 0.05) is 12.3 Å². The van der Waals surface area contributed by atoms with Crippen molar-refractivity contribution >= 4 is 23.8 Å². The first-order valence-corrected chi connectivity index (χ1v) is 8.24. The zero-order chi connectivity index (χ0) is 14.5.